The lowest BCUT2D eigenvalue weighted by Crippen LogP contribution is -2.46. The lowest BCUT2D eigenvalue weighted by Gasteiger charge is -2.29. The van der Waals surface area contributed by atoms with Crippen molar-refractivity contribution in [2.75, 3.05) is 0 Å². The normalized spacial score (nSPS) is 20.6. The van der Waals surface area contributed by atoms with Gasteiger partial charge in [-0.05, 0) is 12.1 Å². The van der Waals surface area contributed by atoms with Crippen molar-refractivity contribution in [2.45, 2.75) is 39.3 Å². The number of rotatable bonds is 2. The van der Waals surface area contributed by atoms with Crippen LogP contribution in [0.2, 0.25) is 0 Å². The van der Waals surface area contributed by atoms with Gasteiger partial charge in [0, 0.05) is 27.7 Å². The van der Waals surface area contributed by atoms with E-state index < -0.39 is 46.9 Å². The minimum atomic E-state index is -1.41. The third-order valence-corrected chi connectivity index (χ3v) is 3.47. The molecule has 10 nitrogen and oxygen atoms in total. The molecule has 1 aromatic carbocycles. The zero-order valence-corrected chi connectivity index (χ0v) is 15.5. The fourth-order valence-electron chi connectivity index (χ4n) is 2.37. The highest BCUT2D eigenvalue weighted by atomic mass is 16.7. The summed E-state index contributed by atoms with van der Waals surface area (Å²) in [5.41, 5.74) is -1.13. The first-order valence-electron chi connectivity index (χ1n) is 8.17. The molecule has 28 heavy (non-hydrogen) atoms. The summed E-state index contributed by atoms with van der Waals surface area (Å²) in [7, 11) is 0. The van der Waals surface area contributed by atoms with Crippen molar-refractivity contribution in [2.24, 2.45) is 9.98 Å². The van der Waals surface area contributed by atoms with E-state index in [1.807, 2.05) is 0 Å². The molecule has 0 aliphatic carbocycles. The Balaban J connectivity index is 1.99. The third kappa shape index (κ3) is 3.90. The quantitative estimate of drug-likeness (QED) is 0.697. The molecular weight excluding hydrogens is 372 g/mol. The van der Waals surface area contributed by atoms with E-state index in [-0.39, 0.29) is 11.4 Å². The van der Waals surface area contributed by atoms with Crippen LogP contribution >= 0.6 is 0 Å². The van der Waals surface area contributed by atoms with E-state index in [1.165, 1.54) is 39.8 Å². The van der Waals surface area contributed by atoms with Crippen molar-refractivity contribution >= 4 is 46.7 Å². The van der Waals surface area contributed by atoms with Crippen LogP contribution < -0.4 is 0 Å². The fraction of sp³-hybridized carbons (Fsp3) is 0.333. The van der Waals surface area contributed by atoms with Crippen molar-refractivity contribution in [3.63, 3.8) is 0 Å². The van der Waals surface area contributed by atoms with E-state index in [0.29, 0.717) is 0 Å². The van der Waals surface area contributed by atoms with Crippen LogP contribution in [0.5, 0.6) is 0 Å². The molecule has 10 heteroatoms. The number of benzene rings is 1. The number of cyclic esters (lactones) is 4. The Kier molecular flexibility index (Phi) is 4.50. The van der Waals surface area contributed by atoms with Gasteiger partial charge in [0.15, 0.2) is 0 Å². The number of carbonyl (C=O) groups is 4. The van der Waals surface area contributed by atoms with Gasteiger partial charge in [-0.1, -0.05) is 12.1 Å². The van der Waals surface area contributed by atoms with Crippen LogP contribution in [0.3, 0.4) is 0 Å². The van der Waals surface area contributed by atoms with E-state index in [9.17, 15) is 19.2 Å². The van der Waals surface area contributed by atoms with E-state index in [1.54, 1.807) is 12.1 Å². The average Bonchev–Trinajstić information content (AvgIpc) is 2.53. The molecule has 3 rings (SSSR count). The molecule has 0 unspecified atom stereocenters. The van der Waals surface area contributed by atoms with Gasteiger partial charge in [0.2, 0.25) is 11.4 Å². The molecule has 1 aromatic rings. The zero-order chi connectivity index (χ0) is 20.7. The molecule has 2 saturated heterocycles. The van der Waals surface area contributed by atoms with Gasteiger partial charge in [-0.15, -0.1) is 0 Å². The van der Waals surface area contributed by atoms with Crippen molar-refractivity contribution < 1.29 is 38.1 Å². The summed E-state index contributed by atoms with van der Waals surface area (Å²) in [5, 5.41) is 0. The monoisotopic (exact) mass is 388 g/mol. The Bertz CT molecular complexity index is 837. The van der Waals surface area contributed by atoms with Crippen LogP contribution in [0, 0.1) is 0 Å². The molecule has 0 radical (unpaired) electrons. The van der Waals surface area contributed by atoms with Gasteiger partial charge in [-0.3, -0.25) is 0 Å². The largest absolute Gasteiger partial charge is 0.418 e. The van der Waals surface area contributed by atoms with Crippen LogP contribution in [-0.2, 0) is 38.1 Å². The number of hydrogen-bond acceptors (Lipinski definition) is 10. The Morgan fingerprint density at radius 2 is 0.893 bits per heavy atom. The predicted octanol–water partition coefficient (Wildman–Crippen LogP) is 1.50. The Morgan fingerprint density at radius 3 is 1.18 bits per heavy atom. The van der Waals surface area contributed by atoms with Crippen LogP contribution in [0.4, 0.5) is 11.4 Å². The number of nitrogens with zero attached hydrogens (tertiary/aromatic N) is 2. The fourth-order valence-corrected chi connectivity index (χ4v) is 2.37. The number of para-hydroxylation sites is 2. The van der Waals surface area contributed by atoms with Gasteiger partial charge in [0.25, 0.3) is 11.6 Å². The first-order valence-corrected chi connectivity index (χ1v) is 8.17. The summed E-state index contributed by atoms with van der Waals surface area (Å²) in [4.78, 5) is 56.1. The maximum absolute atomic E-state index is 12.1. The summed E-state index contributed by atoms with van der Waals surface area (Å²) >= 11 is 0. The zero-order valence-electron chi connectivity index (χ0n) is 15.5. The maximum atomic E-state index is 12.1. The predicted molar refractivity (Wildman–Crippen MR) is 93.2 cm³/mol. The van der Waals surface area contributed by atoms with E-state index in [4.69, 9.17) is 18.9 Å². The Labute approximate surface area is 159 Å². The second-order valence-corrected chi connectivity index (χ2v) is 6.77. The second-order valence-electron chi connectivity index (χ2n) is 6.77. The van der Waals surface area contributed by atoms with Gasteiger partial charge >= 0.3 is 23.9 Å². The standard InChI is InChI=1S/C18H16N2O8/c1-17(2)25-13(21)11(14(22)26-17)19-9-7-5-6-8-10(9)20-12-15(23)27-18(3,4)28-16(12)24/h5-8H,1-4H3. The number of aliphatic imine (C=N–C) groups is 2. The molecule has 146 valence electrons. The average molecular weight is 388 g/mol. The van der Waals surface area contributed by atoms with Crippen LogP contribution in [-0.4, -0.2) is 46.9 Å². The van der Waals surface area contributed by atoms with Gasteiger partial charge in [0.05, 0.1) is 11.4 Å². The van der Waals surface area contributed by atoms with Crippen molar-refractivity contribution in [1.29, 1.82) is 0 Å². The molecule has 2 aliphatic rings. The summed E-state index contributed by atoms with van der Waals surface area (Å²) < 4.78 is 19.9. The molecule has 0 saturated carbocycles. The molecule has 0 atom stereocenters. The van der Waals surface area contributed by atoms with Gasteiger partial charge in [0.1, 0.15) is 0 Å². The molecular formula is C18H16N2O8. The maximum Gasteiger partial charge on any atom is 0.367 e. The van der Waals surface area contributed by atoms with E-state index >= 15 is 0 Å². The SMILES string of the molecule is CC1(C)OC(=O)C(=Nc2ccccc2N=C2C(=O)OC(C)(C)OC2=O)C(=O)O1. The Morgan fingerprint density at radius 1 is 0.607 bits per heavy atom. The van der Waals surface area contributed by atoms with Gasteiger partial charge < -0.3 is 18.9 Å². The number of hydrogen-bond donors (Lipinski definition) is 0. The summed E-state index contributed by atoms with van der Waals surface area (Å²) in [6.07, 6.45) is 0. The second kappa shape index (κ2) is 6.55. The lowest BCUT2D eigenvalue weighted by atomic mass is 10.2. The minimum absolute atomic E-state index is 0.0315. The highest BCUT2D eigenvalue weighted by Crippen LogP contribution is 2.30. The lowest BCUT2D eigenvalue weighted by molar-refractivity contribution is -0.216. The summed E-state index contributed by atoms with van der Waals surface area (Å²) in [6, 6.07) is 5.98. The van der Waals surface area contributed by atoms with Crippen molar-refractivity contribution in [1.82, 2.24) is 0 Å². The smallest absolute Gasteiger partial charge is 0.367 e. The topological polar surface area (TPSA) is 130 Å². The number of esters is 4. The molecule has 0 bridgehead atoms. The summed E-state index contributed by atoms with van der Waals surface area (Å²) in [6.45, 7) is 5.62. The van der Waals surface area contributed by atoms with Gasteiger partial charge in [-0.25, -0.2) is 29.2 Å². The first kappa shape index (κ1) is 19.2. The van der Waals surface area contributed by atoms with E-state index in [0.717, 1.165) is 0 Å². The summed E-state index contributed by atoms with van der Waals surface area (Å²) in [5.74, 6) is -6.70. The third-order valence-electron chi connectivity index (χ3n) is 3.47. The van der Waals surface area contributed by atoms with Crippen LogP contribution in [0.15, 0.2) is 34.3 Å². The van der Waals surface area contributed by atoms with Crippen molar-refractivity contribution in [3.8, 4) is 0 Å². The molecule has 2 heterocycles. The molecule has 2 aliphatic heterocycles. The molecule has 0 aromatic heterocycles. The van der Waals surface area contributed by atoms with E-state index in [2.05, 4.69) is 9.98 Å². The minimum Gasteiger partial charge on any atom is -0.418 e. The van der Waals surface area contributed by atoms with Crippen LogP contribution in [0.1, 0.15) is 27.7 Å². The molecule has 2 fully saturated rings. The molecule has 0 spiro atoms. The number of carbonyl (C=O) groups excluding carboxylic acids is 4. The van der Waals surface area contributed by atoms with Crippen LogP contribution in [0.25, 0.3) is 0 Å². The number of ether oxygens (including phenoxy) is 4. The first-order chi connectivity index (χ1) is 13.0. The Hall–Kier alpha value is -3.56. The molecule has 0 N–H and O–H groups in total. The molecule has 0 amide bonds. The highest BCUT2D eigenvalue weighted by Gasteiger charge is 2.42. The van der Waals surface area contributed by atoms with Crippen molar-refractivity contribution in [3.05, 3.63) is 24.3 Å². The highest BCUT2D eigenvalue weighted by molar-refractivity contribution is 6.64. The van der Waals surface area contributed by atoms with Gasteiger partial charge in [-0.2, -0.15) is 0 Å².